The van der Waals surface area contributed by atoms with Crippen LogP contribution in [0.4, 0.5) is 17.6 Å². The van der Waals surface area contributed by atoms with Gasteiger partial charge in [0.2, 0.25) is 0 Å². The molecule has 0 fully saturated rings. The van der Waals surface area contributed by atoms with Gasteiger partial charge in [0, 0.05) is 18.2 Å². The van der Waals surface area contributed by atoms with Crippen molar-refractivity contribution in [2.24, 2.45) is 0 Å². The van der Waals surface area contributed by atoms with Crippen molar-refractivity contribution in [2.45, 2.75) is 18.1 Å². The molecule has 3 aromatic rings. The molecular formula is C22H16F4N2O2. The molecule has 1 aromatic heterocycles. The smallest absolute Gasteiger partial charge is 0.419 e. The van der Waals surface area contributed by atoms with Crippen LogP contribution >= 0.6 is 0 Å². The van der Waals surface area contributed by atoms with Gasteiger partial charge in [-0.15, -0.1) is 0 Å². The number of pyridine rings is 1. The summed E-state index contributed by atoms with van der Waals surface area (Å²) >= 11 is 0. The molecule has 1 amide bonds. The summed E-state index contributed by atoms with van der Waals surface area (Å²) in [4.78, 5) is 17.3. The number of halogens is 4. The van der Waals surface area contributed by atoms with Gasteiger partial charge >= 0.3 is 6.18 Å². The van der Waals surface area contributed by atoms with Crippen LogP contribution in [0.25, 0.3) is 0 Å². The molecule has 1 unspecified atom stereocenters. The van der Waals surface area contributed by atoms with E-state index in [-0.39, 0.29) is 18.6 Å². The predicted octanol–water partition coefficient (Wildman–Crippen LogP) is 4.70. The van der Waals surface area contributed by atoms with Gasteiger partial charge in [0.15, 0.2) is 0 Å². The van der Waals surface area contributed by atoms with E-state index in [2.05, 4.69) is 10.3 Å². The number of hydrogen-bond donors (Lipinski definition) is 1. The fourth-order valence-electron chi connectivity index (χ4n) is 3.60. The zero-order valence-corrected chi connectivity index (χ0v) is 15.5. The van der Waals surface area contributed by atoms with Gasteiger partial charge in [0.1, 0.15) is 22.8 Å². The lowest BCUT2D eigenvalue weighted by Gasteiger charge is -2.39. The minimum absolute atomic E-state index is 0.153. The van der Waals surface area contributed by atoms with Crippen LogP contribution in [-0.2, 0) is 11.7 Å². The van der Waals surface area contributed by atoms with Crippen molar-refractivity contribution in [3.8, 4) is 5.75 Å². The lowest BCUT2D eigenvalue weighted by molar-refractivity contribution is -0.140. The largest absolute Gasteiger partial charge is 0.491 e. The molecule has 0 aliphatic carbocycles. The van der Waals surface area contributed by atoms with E-state index in [4.69, 9.17) is 4.74 Å². The summed E-state index contributed by atoms with van der Waals surface area (Å²) in [5.41, 5.74) is -1.91. The molecule has 2 heterocycles. The summed E-state index contributed by atoms with van der Waals surface area (Å²) < 4.78 is 59.2. The number of nitrogens with zero attached hydrogens (tertiary/aromatic N) is 1. The Hall–Kier alpha value is -3.42. The summed E-state index contributed by atoms with van der Waals surface area (Å²) in [6.45, 7) is 0.163. The number of aromatic nitrogens is 1. The Bertz CT molecular complexity index is 1090. The molecule has 2 aromatic carbocycles. The molecule has 8 heteroatoms. The third-order valence-corrected chi connectivity index (χ3v) is 5.04. The number of amides is 1. The van der Waals surface area contributed by atoms with Crippen molar-refractivity contribution in [1.29, 1.82) is 0 Å². The number of alkyl halides is 3. The quantitative estimate of drug-likeness (QED) is 0.630. The maximum Gasteiger partial charge on any atom is 0.419 e. The molecule has 0 saturated heterocycles. The number of carbonyl (C=O) groups is 1. The minimum Gasteiger partial charge on any atom is -0.491 e. The van der Waals surface area contributed by atoms with Gasteiger partial charge in [-0.1, -0.05) is 24.3 Å². The van der Waals surface area contributed by atoms with Crippen LogP contribution in [0.2, 0.25) is 0 Å². The monoisotopic (exact) mass is 416 g/mol. The fraction of sp³-hybridized carbons (Fsp3) is 0.182. The van der Waals surface area contributed by atoms with E-state index in [1.165, 1.54) is 12.3 Å². The average molecular weight is 416 g/mol. The molecule has 1 aliphatic rings. The summed E-state index contributed by atoms with van der Waals surface area (Å²) in [6.07, 6.45) is -3.17. The Kier molecular flexibility index (Phi) is 4.93. The number of rotatable bonds is 3. The maximum absolute atomic E-state index is 14.4. The van der Waals surface area contributed by atoms with Crippen LogP contribution in [0.5, 0.6) is 5.75 Å². The van der Waals surface area contributed by atoms with Crippen LogP contribution in [0.1, 0.15) is 33.6 Å². The van der Waals surface area contributed by atoms with Crippen molar-refractivity contribution in [2.75, 3.05) is 6.61 Å². The molecule has 154 valence electrons. The number of benzene rings is 2. The van der Waals surface area contributed by atoms with E-state index in [0.717, 1.165) is 6.07 Å². The number of hydrogen-bond acceptors (Lipinski definition) is 3. The Morgan fingerprint density at radius 1 is 1.07 bits per heavy atom. The molecular weight excluding hydrogens is 400 g/mol. The first-order valence-electron chi connectivity index (χ1n) is 9.14. The van der Waals surface area contributed by atoms with Crippen LogP contribution in [-0.4, -0.2) is 17.5 Å². The third kappa shape index (κ3) is 3.49. The average Bonchev–Trinajstić information content (AvgIpc) is 2.73. The van der Waals surface area contributed by atoms with E-state index in [9.17, 15) is 22.4 Å². The van der Waals surface area contributed by atoms with Gasteiger partial charge in [-0.25, -0.2) is 4.39 Å². The Morgan fingerprint density at radius 2 is 1.83 bits per heavy atom. The molecule has 0 bridgehead atoms. The third-order valence-electron chi connectivity index (χ3n) is 5.04. The fourth-order valence-corrected chi connectivity index (χ4v) is 3.60. The molecule has 1 aliphatic heterocycles. The van der Waals surface area contributed by atoms with Gasteiger partial charge in [0.05, 0.1) is 12.2 Å². The van der Waals surface area contributed by atoms with E-state index < -0.39 is 29.0 Å². The lowest BCUT2D eigenvalue weighted by Crippen LogP contribution is -2.50. The highest BCUT2D eigenvalue weighted by molar-refractivity contribution is 5.95. The van der Waals surface area contributed by atoms with Gasteiger partial charge in [-0.3, -0.25) is 9.78 Å². The van der Waals surface area contributed by atoms with Crippen molar-refractivity contribution >= 4 is 5.91 Å². The Labute approximate surface area is 169 Å². The Morgan fingerprint density at radius 3 is 2.53 bits per heavy atom. The summed E-state index contributed by atoms with van der Waals surface area (Å²) in [5.74, 6) is -1.51. The number of carbonyl (C=O) groups excluding carboxylic acids is 1. The zero-order chi connectivity index (χ0) is 21.4. The number of fused-ring (bicyclic) bond motifs is 1. The summed E-state index contributed by atoms with van der Waals surface area (Å²) in [7, 11) is 0. The standard InChI is InChI=1S/C22H16F4N2O2/c23-17-13-15(8-9-16(17)22(24,25)26)21(28-20(29)14-5-2-1-3-6-14)10-12-30-18-7-4-11-27-19(18)21/h1-9,11,13H,10,12H2,(H,28,29). The molecule has 1 atom stereocenters. The molecule has 4 nitrogen and oxygen atoms in total. The topological polar surface area (TPSA) is 51.2 Å². The van der Waals surface area contributed by atoms with E-state index in [1.54, 1.807) is 42.5 Å². The van der Waals surface area contributed by atoms with Crippen molar-refractivity contribution in [3.63, 3.8) is 0 Å². The maximum atomic E-state index is 14.4. The second-order valence-electron chi connectivity index (χ2n) is 6.87. The first-order chi connectivity index (χ1) is 14.3. The van der Waals surface area contributed by atoms with Crippen LogP contribution in [0.3, 0.4) is 0 Å². The Balaban J connectivity index is 1.86. The van der Waals surface area contributed by atoms with Crippen molar-refractivity contribution < 1.29 is 27.1 Å². The summed E-state index contributed by atoms with van der Waals surface area (Å²) in [5, 5.41) is 2.88. The summed E-state index contributed by atoms with van der Waals surface area (Å²) in [6, 6.07) is 14.3. The number of ether oxygens (including phenoxy) is 1. The van der Waals surface area contributed by atoms with E-state index >= 15 is 0 Å². The van der Waals surface area contributed by atoms with Gasteiger partial charge in [-0.2, -0.15) is 13.2 Å². The van der Waals surface area contributed by atoms with Crippen LogP contribution in [0, 0.1) is 5.82 Å². The predicted molar refractivity (Wildman–Crippen MR) is 100 cm³/mol. The zero-order valence-electron chi connectivity index (χ0n) is 15.5. The van der Waals surface area contributed by atoms with Crippen molar-refractivity contribution in [1.82, 2.24) is 10.3 Å². The molecule has 0 saturated carbocycles. The highest BCUT2D eigenvalue weighted by Crippen LogP contribution is 2.42. The second-order valence-corrected chi connectivity index (χ2v) is 6.87. The normalized spacial score (nSPS) is 18.3. The molecule has 4 rings (SSSR count). The second kappa shape index (κ2) is 7.44. The highest BCUT2D eigenvalue weighted by atomic mass is 19.4. The lowest BCUT2D eigenvalue weighted by atomic mass is 9.80. The van der Waals surface area contributed by atoms with Crippen LogP contribution < -0.4 is 10.1 Å². The first-order valence-corrected chi connectivity index (χ1v) is 9.14. The SMILES string of the molecule is O=C(NC1(c2ccc(C(F)(F)F)c(F)c2)CCOc2cccnc21)c1ccccc1. The molecule has 30 heavy (non-hydrogen) atoms. The van der Waals surface area contributed by atoms with Gasteiger partial charge in [-0.05, 0) is 42.0 Å². The molecule has 0 radical (unpaired) electrons. The van der Waals surface area contributed by atoms with E-state index in [1.807, 2.05) is 0 Å². The number of nitrogens with one attached hydrogen (secondary N) is 1. The minimum atomic E-state index is -4.82. The highest BCUT2D eigenvalue weighted by Gasteiger charge is 2.44. The van der Waals surface area contributed by atoms with Gasteiger partial charge < -0.3 is 10.1 Å². The first kappa shape index (κ1) is 19.9. The molecule has 1 N–H and O–H groups in total. The van der Waals surface area contributed by atoms with Crippen LogP contribution in [0.15, 0.2) is 66.9 Å². The van der Waals surface area contributed by atoms with E-state index in [0.29, 0.717) is 23.1 Å². The van der Waals surface area contributed by atoms with Crippen molar-refractivity contribution in [3.05, 3.63) is 95.1 Å². The molecule has 0 spiro atoms. The van der Waals surface area contributed by atoms with Gasteiger partial charge in [0.25, 0.3) is 5.91 Å².